The molecule has 0 N–H and O–H groups in total. The lowest BCUT2D eigenvalue weighted by Crippen LogP contribution is -1.70. The van der Waals surface area contributed by atoms with Crippen molar-refractivity contribution in [2.75, 3.05) is 0 Å². The van der Waals surface area contributed by atoms with Crippen molar-refractivity contribution in [2.45, 2.75) is 38.5 Å². The van der Waals surface area contributed by atoms with E-state index in [0.29, 0.717) is 0 Å². The molecule has 0 aromatic heterocycles. The topological polar surface area (TPSA) is 0 Å². The van der Waals surface area contributed by atoms with Gasteiger partial charge in [0.05, 0.1) is 0 Å². The van der Waals surface area contributed by atoms with E-state index in [9.17, 15) is 0 Å². The van der Waals surface area contributed by atoms with Gasteiger partial charge in [-0.2, -0.15) is 0 Å². The Labute approximate surface area is 87.7 Å². The highest BCUT2D eigenvalue weighted by molar-refractivity contribution is 4.99. The van der Waals surface area contributed by atoms with Crippen LogP contribution in [0.2, 0.25) is 0 Å². The highest BCUT2D eigenvalue weighted by Gasteiger charge is 1.80. The lowest BCUT2D eigenvalue weighted by molar-refractivity contribution is 0.997. The third kappa shape index (κ3) is 6.47. The van der Waals surface area contributed by atoms with Crippen LogP contribution in [0.25, 0.3) is 0 Å². The molecule has 1 rings (SSSR count). The molecule has 0 atom stereocenters. The standard InChI is InChI=1S/C14H20/c1-2-4-6-8-10-12-14-13-11-9-7-5-3-1/h1-2,5-8,13-14H,3-4,9-12H2/b2-1+,7-5+,8-6?,14-13+. The van der Waals surface area contributed by atoms with Crippen LogP contribution in [-0.2, 0) is 0 Å². The smallest absolute Gasteiger partial charge is 0.0169 e. The summed E-state index contributed by atoms with van der Waals surface area (Å²) < 4.78 is 0. The van der Waals surface area contributed by atoms with Gasteiger partial charge in [-0.15, -0.1) is 0 Å². The largest absolute Gasteiger partial charge is 0.0882 e. The Balaban J connectivity index is 2.34. The average molecular weight is 188 g/mol. The van der Waals surface area contributed by atoms with Gasteiger partial charge >= 0.3 is 0 Å². The van der Waals surface area contributed by atoms with Crippen molar-refractivity contribution < 1.29 is 0 Å². The molecule has 0 heteroatoms. The fraction of sp³-hybridized carbons (Fsp3) is 0.429. The summed E-state index contributed by atoms with van der Waals surface area (Å²) in [5.41, 5.74) is 0. The van der Waals surface area contributed by atoms with Crippen molar-refractivity contribution in [1.29, 1.82) is 0 Å². The third-order valence-corrected chi connectivity index (χ3v) is 2.21. The Morgan fingerprint density at radius 2 is 0.643 bits per heavy atom. The Hall–Kier alpha value is -1.04. The minimum Gasteiger partial charge on any atom is -0.0882 e. The van der Waals surface area contributed by atoms with Crippen molar-refractivity contribution in [3.8, 4) is 0 Å². The molecule has 1 aliphatic rings. The summed E-state index contributed by atoms with van der Waals surface area (Å²) in [5, 5.41) is 0. The summed E-state index contributed by atoms with van der Waals surface area (Å²) in [5.74, 6) is 0. The van der Waals surface area contributed by atoms with Crippen molar-refractivity contribution in [3.63, 3.8) is 0 Å². The number of hydrogen-bond donors (Lipinski definition) is 0. The van der Waals surface area contributed by atoms with E-state index in [1.54, 1.807) is 0 Å². The Morgan fingerprint density at radius 1 is 0.357 bits per heavy atom. The van der Waals surface area contributed by atoms with Crippen LogP contribution in [0.1, 0.15) is 38.5 Å². The van der Waals surface area contributed by atoms with Crippen LogP contribution in [0.4, 0.5) is 0 Å². The van der Waals surface area contributed by atoms with Gasteiger partial charge in [-0.3, -0.25) is 0 Å². The monoisotopic (exact) mass is 188 g/mol. The molecule has 0 aromatic carbocycles. The lowest BCUT2D eigenvalue weighted by Gasteiger charge is -1.90. The maximum Gasteiger partial charge on any atom is -0.0169 e. The zero-order valence-corrected chi connectivity index (χ0v) is 8.86. The second kappa shape index (κ2) is 8.55. The molecule has 0 fully saturated rings. The van der Waals surface area contributed by atoms with Gasteiger partial charge in [-0.25, -0.2) is 0 Å². The van der Waals surface area contributed by atoms with Gasteiger partial charge in [0.1, 0.15) is 0 Å². The van der Waals surface area contributed by atoms with E-state index in [1.165, 1.54) is 25.7 Å². The highest BCUT2D eigenvalue weighted by atomic mass is 13.9. The van der Waals surface area contributed by atoms with Crippen LogP contribution in [0, 0.1) is 0 Å². The Kier molecular flexibility index (Phi) is 6.74. The maximum atomic E-state index is 2.29. The molecule has 0 aromatic rings. The van der Waals surface area contributed by atoms with Crippen LogP contribution in [0.15, 0.2) is 48.6 Å². The van der Waals surface area contributed by atoms with Gasteiger partial charge in [0.15, 0.2) is 0 Å². The van der Waals surface area contributed by atoms with Crippen LogP contribution in [0.5, 0.6) is 0 Å². The molecule has 0 amide bonds. The second-order valence-electron chi connectivity index (χ2n) is 3.51. The highest BCUT2D eigenvalue weighted by Crippen LogP contribution is 2.01. The SMILES string of the molecule is C1=CCC/C=C/CC/C=C/C/C=C/C1. The molecule has 0 saturated heterocycles. The van der Waals surface area contributed by atoms with Crippen LogP contribution < -0.4 is 0 Å². The molecule has 0 nitrogen and oxygen atoms in total. The Morgan fingerprint density at radius 3 is 1.07 bits per heavy atom. The molecular weight excluding hydrogens is 168 g/mol. The van der Waals surface area contributed by atoms with Gasteiger partial charge in [0, 0.05) is 0 Å². The predicted octanol–water partition coefficient (Wildman–Crippen LogP) is 4.57. The molecule has 0 heterocycles. The summed E-state index contributed by atoms with van der Waals surface area (Å²) in [6.45, 7) is 0. The van der Waals surface area contributed by atoms with E-state index in [4.69, 9.17) is 0 Å². The van der Waals surface area contributed by atoms with Gasteiger partial charge in [0.2, 0.25) is 0 Å². The average Bonchev–Trinajstić information content (AvgIpc) is 2.22. The van der Waals surface area contributed by atoms with E-state index >= 15 is 0 Å². The third-order valence-electron chi connectivity index (χ3n) is 2.21. The molecule has 0 unspecified atom stereocenters. The minimum atomic E-state index is 1.08. The van der Waals surface area contributed by atoms with Gasteiger partial charge in [-0.1, -0.05) is 48.6 Å². The van der Waals surface area contributed by atoms with Crippen LogP contribution in [-0.4, -0.2) is 0 Å². The first-order chi connectivity index (χ1) is 7.00. The Bertz CT molecular complexity index is 204. The lowest BCUT2D eigenvalue weighted by atomic mass is 10.2. The minimum absolute atomic E-state index is 1.08. The van der Waals surface area contributed by atoms with Gasteiger partial charge in [-0.05, 0) is 38.5 Å². The fourth-order valence-corrected chi connectivity index (χ4v) is 1.40. The molecule has 14 heavy (non-hydrogen) atoms. The van der Waals surface area contributed by atoms with Crippen LogP contribution >= 0.6 is 0 Å². The molecular formula is C14H20. The number of rotatable bonds is 0. The molecule has 0 saturated carbocycles. The van der Waals surface area contributed by atoms with Crippen molar-refractivity contribution in [3.05, 3.63) is 48.6 Å². The van der Waals surface area contributed by atoms with Crippen LogP contribution in [0.3, 0.4) is 0 Å². The van der Waals surface area contributed by atoms with Gasteiger partial charge < -0.3 is 0 Å². The second-order valence-corrected chi connectivity index (χ2v) is 3.51. The number of allylic oxidation sites excluding steroid dienone is 8. The fourth-order valence-electron chi connectivity index (χ4n) is 1.40. The van der Waals surface area contributed by atoms with Crippen molar-refractivity contribution >= 4 is 0 Å². The van der Waals surface area contributed by atoms with E-state index in [2.05, 4.69) is 48.6 Å². The summed E-state index contributed by atoms with van der Waals surface area (Å²) in [7, 11) is 0. The zero-order chi connectivity index (χ0) is 9.90. The number of hydrogen-bond acceptors (Lipinski definition) is 0. The zero-order valence-electron chi connectivity index (χ0n) is 8.86. The maximum absolute atomic E-state index is 2.29. The van der Waals surface area contributed by atoms with Crippen molar-refractivity contribution in [2.24, 2.45) is 0 Å². The molecule has 0 bridgehead atoms. The van der Waals surface area contributed by atoms with Crippen molar-refractivity contribution in [1.82, 2.24) is 0 Å². The first kappa shape index (κ1) is 11.0. The summed E-state index contributed by atoms with van der Waals surface area (Å²) >= 11 is 0. The normalized spacial score (nSPS) is 26.3. The molecule has 0 radical (unpaired) electrons. The summed E-state index contributed by atoms with van der Waals surface area (Å²) in [6.07, 6.45) is 25.0. The summed E-state index contributed by atoms with van der Waals surface area (Å²) in [4.78, 5) is 0. The van der Waals surface area contributed by atoms with Gasteiger partial charge in [0.25, 0.3) is 0 Å². The van der Waals surface area contributed by atoms with E-state index in [-0.39, 0.29) is 0 Å². The van der Waals surface area contributed by atoms with E-state index in [0.717, 1.165) is 12.8 Å². The van der Waals surface area contributed by atoms with E-state index < -0.39 is 0 Å². The first-order valence-electron chi connectivity index (χ1n) is 5.60. The predicted molar refractivity (Wildman–Crippen MR) is 64.3 cm³/mol. The molecule has 0 spiro atoms. The molecule has 0 aliphatic heterocycles. The molecule has 76 valence electrons. The quantitative estimate of drug-likeness (QED) is 0.489. The molecule has 1 aliphatic carbocycles. The summed E-state index contributed by atoms with van der Waals surface area (Å²) in [6, 6.07) is 0. The first-order valence-corrected chi connectivity index (χ1v) is 5.60. The van der Waals surface area contributed by atoms with E-state index in [1.807, 2.05) is 0 Å².